The number of nitrogens with zero attached hydrogens (tertiary/aromatic N) is 2. The van der Waals surface area contributed by atoms with Gasteiger partial charge in [0, 0.05) is 12.6 Å². The van der Waals surface area contributed by atoms with Gasteiger partial charge in [0.15, 0.2) is 0 Å². The molecule has 1 aliphatic carbocycles. The molecule has 2 aliphatic rings. The molecule has 3 heterocycles. The molecule has 6 heteroatoms. The summed E-state index contributed by atoms with van der Waals surface area (Å²) in [4.78, 5) is 29.0. The molecule has 4 rings (SSSR count). The van der Waals surface area contributed by atoms with Crippen molar-refractivity contribution >= 4 is 33.4 Å². The summed E-state index contributed by atoms with van der Waals surface area (Å²) in [6.07, 6.45) is 5.50. The van der Waals surface area contributed by atoms with Crippen LogP contribution in [-0.2, 0) is 11.3 Å². The summed E-state index contributed by atoms with van der Waals surface area (Å²) in [5, 5.41) is 5.39. The van der Waals surface area contributed by atoms with Crippen molar-refractivity contribution in [1.82, 2.24) is 14.8 Å². The third kappa shape index (κ3) is 3.60. The maximum absolute atomic E-state index is 13.6. The lowest BCUT2D eigenvalue weighted by Gasteiger charge is -2.45. The second-order valence-electron chi connectivity index (χ2n) is 9.54. The first-order chi connectivity index (χ1) is 13.8. The largest absolute Gasteiger partial charge is 0.351 e. The van der Waals surface area contributed by atoms with E-state index in [-0.39, 0.29) is 17.9 Å². The summed E-state index contributed by atoms with van der Waals surface area (Å²) in [7, 11) is 0. The minimum Gasteiger partial charge on any atom is -0.351 e. The zero-order valence-corrected chi connectivity index (χ0v) is 18.8. The first-order valence-corrected chi connectivity index (χ1v) is 11.9. The molecule has 3 atom stereocenters. The van der Waals surface area contributed by atoms with E-state index in [1.54, 1.807) is 11.3 Å². The van der Waals surface area contributed by atoms with Crippen molar-refractivity contribution in [3.63, 3.8) is 0 Å². The van der Waals surface area contributed by atoms with Gasteiger partial charge >= 0.3 is 0 Å². The van der Waals surface area contributed by atoms with Crippen LogP contribution in [0.5, 0.6) is 0 Å². The molecule has 2 aromatic rings. The van der Waals surface area contributed by atoms with Crippen LogP contribution < -0.4 is 5.32 Å². The van der Waals surface area contributed by atoms with Gasteiger partial charge in [-0.15, -0.1) is 11.3 Å². The number of amides is 2. The Morgan fingerprint density at radius 3 is 2.83 bits per heavy atom. The van der Waals surface area contributed by atoms with E-state index in [9.17, 15) is 9.59 Å². The lowest BCUT2D eigenvalue weighted by atomic mass is 9.85. The summed E-state index contributed by atoms with van der Waals surface area (Å²) in [5.41, 5.74) is 0.906. The Labute approximate surface area is 177 Å². The van der Waals surface area contributed by atoms with E-state index in [1.165, 1.54) is 12.8 Å². The van der Waals surface area contributed by atoms with E-state index in [4.69, 9.17) is 0 Å². The second-order valence-corrected chi connectivity index (χ2v) is 10.5. The SMILES string of the molecule is CC(C)CCN1C(=O)c2cc3sccc3n2C[C@]1(C)C(=O)N[C@H]1CCCC[C@@H]1C. The lowest BCUT2D eigenvalue weighted by Crippen LogP contribution is -2.65. The number of aromatic nitrogens is 1. The highest BCUT2D eigenvalue weighted by Crippen LogP contribution is 2.35. The Kier molecular flexibility index (Phi) is 5.49. The lowest BCUT2D eigenvalue weighted by molar-refractivity contribution is -0.134. The van der Waals surface area contributed by atoms with Gasteiger partial charge in [0.1, 0.15) is 11.2 Å². The van der Waals surface area contributed by atoms with Crippen molar-refractivity contribution < 1.29 is 9.59 Å². The molecule has 0 radical (unpaired) electrons. The van der Waals surface area contributed by atoms with Crippen LogP contribution in [0.15, 0.2) is 17.5 Å². The highest BCUT2D eigenvalue weighted by Gasteiger charge is 2.48. The number of carbonyl (C=O) groups is 2. The number of thiophene rings is 1. The van der Waals surface area contributed by atoms with E-state index in [2.05, 4.69) is 42.1 Å². The Balaban J connectivity index is 1.68. The van der Waals surface area contributed by atoms with Crippen molar-refractivity contribution in [2.45, 2.75) is 77.9 Å². The van der Waals surface area contributed by atoms with Gasteiger partial charge in [0.25, 0.3) is 5.91 Å². The molecule has 29 heavy (non-hydrogen) atoms. The molecule has 158 valence electrons. The zero-order chi connectivity index (χ0) is 20.8. The Morgan fingerprint density at radius 2 is 2.10 bits per heavy atom. The number of rotatable bonds is 5. The molecule has 1 N–H and O–H groups in total. The van der Waals surface area contributed by atoms with Crippen molar-refractivity contribution in [2.75, 3.05) is 6.54 Å². The molecule has 0 spiro atoms. The van der Waals surface area contributed by atoms with Gasteiger partial charge in [0.05, 0.1) is 16.8 Å². The molecular weight excluding hydrogens is 382 g/mol. The van der Waals surface area contributed by atoms with Crippen molar-refractivity contribution in [1.29, 1.82) is 0 Å². The number of hydrogen-bond acceptors (Lipinski definition) is 3. The minimum absolute atomic E-state index is 0.00362. The molecule has 0 bridgehead atoms. The van der Waals surface area contributed by atoms with Gasteiger partial charge in [-0.05, 0) is 55.5 Å². The highest BCUT2D eigenvalue weighted by atomic mass is 32.1. The van der Waals surface area contributed by atoms with Crippen molar-refractivity contribution in [3.05, 3.63) is 23.2 Å². The fourth-order valence-electron chi connectivity index (χ4n) is 4.86. The highest BCUT2D eigenvalue weighted by molar-refractivity contribution is 7.17. The molecule has 2 amide bonds. The van der Waals surface area contributed by atoms with Gasteiger partial charge in [0.2, 0.25) is 5.91 Å². The van der Waals surface area contributed by atoms with E-state index < -0.39 is 5.54 Å². The van der Waals surface area contributed by atoms with Crippen LogP contribution in [-0.4, -0.2) is 39.4 Å². The van der Waals surface area contributed by atoms with E-state index in [0.717, 1.165) is 29.5 Å². The zero-order valence-electron chi connectivity index (χ0n) is 18.0. The molecule has 2 aromatic heterocycles. The molecule has 0 unspecified atom stereocenters. The fraction of sp³-hybridized carbons (Fsp3) is 0.652. The van der Waals surface area contributed by atoms with Gasteiger partial charge in [-0.25, -0.2) is 0 Å². The topological polar surface area (TPSA) is 54.3 Å². The third-order valence-corrected chi connectivity index (χ3v) is 7.75. The van der Waals surface area contributed by atoms with Gasteiger partial charge < -0.3 is 14.8 Å². The number of hydrogen-bond donors (Lipinski definition) is 1. The third-order valence-electron chi connectivity index (χ3n) is 6.90. The number of fused-ring (bicyclic) bond motifs is 3. The first-order valence-electron chi connectivity index (χ1n) is 11.0. The monoisotopic (exact) mass is 415 g/mol. The summed E-state index contributed by atoms with van der Waals surface area (Å²) < 4.78 is 3.17. The van der Waals surface area contributed by atoms with Crippen molar-refractivity contribution in [3.8, 4) is 0 Å². The van der Waals surface area contributed by atoms with E-state index in [0.29, 0.717) is 30.6 Å². The number of carbonyl (C=O) groups excluding carboxylic acids is 2. The predicted octanol–water partition coefficient (Wildman–Crippen LogP) is 4.66. The number of nitrogens with one attached hydrogen (secondary N) is 1. The van der Waals surface area contributed by atoms with Crippen LogP contribution in [0, 0.1) is 11.8 Å². The molecule has 0 aromatic carbocycles. The Hall–Kier alpha value is -1.82. The van der Waals surface area contributed by atoms with Gasteiger partial charge in [-0.3, -0.25) is 9.59 Å². The molecule has 1 aliphatic heterocycles. The Bertz CT molecular complexity index is 915. The predicted molar refractivity (Wildman–Crippen MR) is 118 cm³/mol. The molecule has 1 saturated carbocycles. The molecule has 0 saturated heterocycles. The van der Waals surface area contributed by atoms with Crippen LogP contribution in [0.2, 0.25) is 0 Å². The van der Waals surface area contributed by atoms with Crippen LogP contribution in [0.1, 0.15) is 70.3 Å². The van der Waals surface area contributed by atoms with Crippen LogP contribution >= 0.6 is 11.3 Å². The standard InChI is InChI=1S/C23H33N3O2S/c1-15(2)9-11-26-21(27)19-13-20-18(10-12-29-20)25(19)14-23(26,4)22(28)24-17-8-6-5-7-16(17)3/h10,12-13,15-17H,5-9,11,14H2,1-4H3,(H,24,28)/t16-,17-,23+/m0/s1. The summed E-state index contributed by atoms with van der Waals surface area (Å²) in [6.45, 7) is 9.63. The first kappa shape index (κ1) is 20.5. The Morgan fingerprint density at radius 1 is 1.34 bits per heavy atom. The maximum Gasteiger partial charge on any atom is 0.271 e. The summed E-state index contributed by atoms with van der Waals surface area (Å²) >= 11 is 1.65. The normalized spacial score (nSPS) is 27.5. The minimum atomic E-state index is -0.871. The van der Waals surface area contributed by atoms with E-state index in [1.807, 2.05) is 17.9 Å². The average molecular weight is 416 g/mol. The smallest absolute Gasteiger partial charge is 0.271 e. The second kappa shape index (κ2) is 7.78. The van der Waals surface area contributed by atoms with E-state index >= 15 is 0 Å². The quantitative estimate of drug-likeness (QED) is 0.772. The average Bonchev–Trinajstić information content (AvgIpc) is 3.25. The van der Waals surface area contributed by atoms with Crippen LogP contribution in [0.4, 0.5) is 0 Å². The summed E-state index contributed by atoms with van der Waals surface area (Å²) in [5.74, 6) is 0.946. The summed E-state index contributed by atoms with van der Waals surface area (Å²) in [6, 6.07) is 4.26. The molecule has 5 nitrogen and oxygen atoms in total. The molecular formula is C23H33N3O2S. The van der Waals surface area contributed by atoms with Gasteiger partial charge in [-0.1, -0.05) is 33.6 Å². The fourth-order valence-corrected chi connectivity index (χ4v) is 5.69. The maximum atomic E-state index is 13.6. The van der Waals surface area contributed by atoms with Crippen LogP contribution in [0.3, 0.4) is 0 Å². The van der Waals surface area contributed by atoms with Gasteiger partial charge in [-0.2, -0.15) is 0 Å². The molecule has 1 fully saturated rings. The van der Waals surface area contributed by atoms with Crippen molar-refractivity contribution in [2.24, 2.45) is 11.8 Å². The van der Waals surface area contributed by atoms with Crippen LogP contribution in [0.25, 0.3) is 10.2 Å².